The van der Waals surface area contributed by atoms with E-state index < -0.39 is 0 Å². The largest absolute Gasteiger partial charge is 0.355 e. The number of aliphatic imine (C=N–C) groups is 1. The van der Waals surface area contributed by atoms with Gasteiger partial charge in [-0.15, -0.1) is 0 Å². The van der Waals surface area contributed by atoms with Gasteiger partial charge in [0.1, 0.15) is 5.69 Å². The number of fused-ring (bicyclic) bond motifs is 3. The number of aromatic nitrogens is 5. The molecule has 0 saturated carbocycles. The summed E-state index contributed by atoms with van der Waals surface area (Å²) in [4.78, 5) is 24.0. The number of pyridine rings is 1. The van der Waals surface area contributed by atoms with Crippen LogP contribution in [-0.2, 0) is 0 Å². The first-order valence-corrected chi connectivity index (χ1v) is 22.0. The minimum atomic E-state index is 0.362. The summed E-state index contributed by atoms with van der Waals surface area (Å²) in [6.07, 6.45) is 14.1. The number of benzene rings is 6. The van der Waals surface area contributed by atoms with Gasteiger partial charge >= 0.3 is 0 Å². The van der Waals surface area contributed by atoms with Gasteiger partial charge in [0.2, 0.25) is 0 Å². The van der Waals surface area contributed by atoms with Gasteiger partial charge in [0.25, 0.3) is 0 Å². The maximum Gasteiger partial charge on any atom is 0.182 e. The topological polar surface area (TPSA) is 80.9 Å². The molecule has 0 saturated heterocycles. The molecule has 11 rings (SSSR count). The minimum Gasteiger partial charge on any atom is -0.355 e. The van der Waals surface area contributed by atoms with Gasteiger partial charge in [0.05, 0.1) is 16.7 Å². The van der Waals surface area contributed by atoms with Gasteiger partial charge in [-0.05, 0) is 119 Å². The van der Waals surface area contributed by atoms with Crippen molar-refractivity contribution in [2.75, 3.05) is 5.32 Å². The summed E-state index contributed by atoms with van der Waals surface area (Å²) >= 11 is 0. The molecule has 7 nitrogen and oxygen atoms in total. The fourth-order valence-electron chi connectivity index (χ4n) is 9.01. The molecule has 3 aromatic heterocycles. The van der Waals surface area contributed by atoms with Crippen molar-refractivity contribution in [1.82, 2.24) is 24.5 Å². The van der Waals surface area contributed by atoms with E-state index in [1.54, 1.807) is 6.20 Å². The number of hydrogen-bond acceptors (Lipinski definition) is 6. The molecule has 1 aliphatic carbocycles. The van der Waals surface area contributed by atoms with Crippen LogP contribution in [-0.4, -0.2) is 30.2 Å². The van der Waals surface area contributed by atoms with Crippen LogP contribution in [0.15, 0.2) is 199 Å². The first kappa shape index (κ1) is 38.9. The van der Waals surface area contributed by atoms with Crippen LogP contribution in [0, 0.1) is 11.8 Å². The lowest BCUT2D eigenvalue weighted by atomic mass is 9.80. The molecule has 4 heterocycles. The maximum atomic E-state index is 4.98. The molecule has 0 radical (unpaired) electrons. The quantitative estimate of drug-likeness (QED) is 0.157. The number of allylic oxidation sites excluding steroid dienone is 5. The highest BCUT2D eigenvalue weighted by molar-refractivity contribution is 6.10. The van der Waals surface area contributed by atoms with Crippen LogP contribution >= 0.6 is 0 Å². The molecule has 2 aliphatic rings. The van der Waals surface area contributed by atoms with Gasteiger partial charge in [-0.3, -0.25) is 9.98 Å². The average Bonchev–Trinajstić information content (AvgIpc) is 3.69. The molecule has 2 unspecified atom stereocenters. The van der Waals surface area contributed by atoms with Crippen LogP contribution in [0.4, 0.5) is 11.4 Å². The second-order valence-electron chi connectivity index (χ2n) is 16.6. The van der Waals surface area contributed by atoms with E-state index in [4.69, 9.17) is 15.0 Å². The second-order valence-corrected chi connectivity index (χ2v) is 16.6. The molecule has 308 valence electrons. The first-order chi connectivity index (χ1) is 31.5. The van der Waals surface area contributed by atoms with Crippen LogP contribution in [0.5, 0.6) is 0 Å². The van der Waals surface area contributed by atoms with Crippen LogP contribution < -0.4 is 5.32 Å². The molecule has 7 heteroatoms. The molecule has 2 atom stereocenters. The summed E-state index contributed by atoms with van der Waals surface area (Å²) in [7, 11) is 0. The number of anilines is 2. The van der Waals surface area contributed by atoms with Crippen molar-refractivity contribution in [3.8, 4) is 50.8 Å². The summed E-state index contributed by atoms with van der Waals surface area (Å²) in [6.45, 7) is 4.61. The third kappa shape index (κ3) is 7.41. The van der Waals surface area contributed by atoms with E-state index in [1.807, 2.05) is 24.4 Å². The number of para-hydroxylation sites is 2. The Labute approximate surface area is 373 Å². The maximum absolute atomic E-state index is 4.98. The lowest BCUT2D eigenvalue weighted by Gasteiger charge is -2.26. The van der Waals surface area contributed by atoms with Gasteiger partial charge in [-0.1, -0.05) is 129 Å². The van der Waals surface area contributed by atoms with E-state index in [-0.39, 0.29) is 0 Å². The predicted molar refractivity (Wildman–Crippen MR) is 264 cm³/mol. The zero-order valence-corrected chi connectivity index (χ0v) is 35.7. The van der Waals surface area contributed by atoms with Crippen molar-refractivity contribution < 1.29 is 0 Å². The van der Waals surface area contributed by atoms with Crippen molar-refractivity contribution in [3.63, 3.8) is 0 Å². The average molecular weight is 828 g/mol. The number of hydrogen-bond donors (Lipinski definition) is 1. The van der Waals surface area contributed by atoms with E-state index in [1.165, 1.54) is 38.5 Å². The Morgan fingerprint density at radius 2 is 1.33 bits per heavy atom. The fraction of sp³-hybridized carbons (Fsp3) is 0.105. The first-order valence-electron chi connectivity index (χ1n) is 22.0. The van der Waals surface area contributed by atoms with Crippen molar-refractivity contribution in [2.24, 2.45) is 16.8 Å². The Morgan fingerprint density at radius 1 is 0.594 bits per heavy atom. The Hall–Kier alpha value is -8.03. The molecular formula is C57H45N7. The summed E-state index contributed by atoms with van der Waals surface area (Å²) < 4.78 is 2.36. The molecule has 0 bridgehead atoms. The van der Waals surface area contributed by atoms with Crippen LogP contribution in [0.1, 0.15) is 38.1 Å². The summed E-state index contributed by atoms with van der Waals surface area (Å²) in [5, 5.41) is 6.34. The van der Waals surface area contributed by atoms with E-state index >= 15 is 0 Å². The lowest BCUT2D eigenvalue weighted by Crippen LogP contribution is -2.12. The van der Waals surface area contributed by atoms with Gasteiger partial charge < -0.3 is 9.88 Å². The van der Waals surface area contributed by atoms with E-state index in [0.29, 0.717) is 35.0 Å². The van der Waals surface area contributed by atoms with Gasteiger partial charge in [0.15, 0.2) is 17.5 Å². The SMILES string of the molecule is CC1C=CC=C(c2ccc(-c3cccc(-c4nc(C5=NC=CCC5)nc(-c5ccccn5)n4)c3)cc2Nc2ccc(-c3ccc4c(c3)c3ccccc3n4-c3ccccc3)cc2)C1C. The molecular weight excluding hydrogens is 783 g/mol. The highest BCUT2D eigenvalue weighted by Crippen LogP contribution is 2.41. The van der Waals surface area contributed by atoms with Crippen LogP contribution in [0.25, 0.3) is 78.2 Å². The monoisotopic (exact) mass is 827 g/mol. The zero-order chi connectivity index (χ0) is 43.0. The molecule has 0 amide bonds. The van der Waals surface area contributed by atoms with Crippen molar-refractivity contribution >= 4 is 44.5 Å². The number of nitrogens with one attached hydrogen (secondary N) is 1. The van der Waals surface area contributed by atoms with E-state index in [2.05, 4.69) is 198 Å². The summed E-state index contributed by atoms with van der Waals surface area (Å²) in [5.41, 5.74) is 15.1. The molecule has 64 heavy (non-hydrogen) atoms. The standard InChI is InChI=1S/C57H45N7/c1-37-14-12-20-46(38(37)2)47-30-26-42(40-15-13-16-43(34-40)55-61-56(50-21-8-10-32-58-50)63-57(62-55)51-22-9-11-33-59-51)36-52(47)60-44-28-24-39(25-29-44)41-27-31-54-49(35-41)48-19-6-7-23-53(48)64(54)45-17-4-3-5-18-45/h3-8,10-21,23-38,60H,9,22H2,1-2H3. The van der Waals surface area contributed by atoms with E-state index in [0.717, 1.165) is 57.9 Å². The normalized spacial score (nSPS) is 15.9. The third-order valence-corrected chi connectivity index (χ3v) is 12.6. The molecule has 9 aromatic rings. The summed E-state index contributed by atoms with van der Waals surface area (Å²) in [6, 6.07) is 55.9. The molecule has 0 fully saturated rings. The predicted octanol–water partition coefficient (Wildman–Crippen LogP) is 14.1. The Kier molecular flexibility index (Phi) is 10.1. The van der Waals surface area contributed by atoms with Crippen LogP contribution in [0.3, 0.4) is 0 Å². The second kappa shape index (κ2) is 16.7. The molecule has 1 aliphatic heterocycles. The Balaban J connectivity index is 0.946. The summed E-state index contributed by atoms with van der Waals surface area (Å²) in [5.74, 6) is 2.49. The minimum absolute atomic E-state index is 0.362. The smallest absolute Gasteiger partial charge is 0.182 e. The highest BCUT2D eigenvalue weighted by Gasteiger charge is 2.22. The van der Waals surface area contributed by atoms with Crippen molar-refractivity contribution in [2.45, 2.75) is 26.7 Å². The fourth-order valence-corrected chi connectivity index (χ4v) is 9.01. The number of nitrogens with zero attached hydrogens (tertiary/aromatic N) is 6. The molecule has 0 spiro atoms. The van der Waals surface area contributed by atoms with Crippen molar-refractivity contribution in [1.29, 1.82) is 0 Å². The third-order valence-electron chi connectivity index (χ3n) is 12.6. The van der Waals surface area contributed by atoms with Gasteiger partial charge in [-0.2, -0.15) is 0 Å². The molecule has 6 aromatic carbocycles. The lowest BCUT2D eigenvalue weighted by molar-refractivity contribution is 0.568. The van der Waals surface area contributed by atoms with Gasteiger partial charge in [-0.25, -0.2) is 15.0 Å². The van der Waals surface area contributed by atoms with E-state index in [9.17, 15) is 0 Å². The van der Waals surface area contributed by atoms with Gasteiger partial charge in [0, 0.05) is 51.4 Å². The zero-order valence-electron chi connectivity index (χ0n) is 35.7. The number of rotatable bonds is 9. The van der Waals surface area contributed by atoms with Crippen LogP contribution in [0.2, 0.25) is 0 Å². The Bertz CT molecular complexity index is 3320. The molecule has 1 N–H and O–H groups in total. The van der Waals surface area contributed by atoms with Crippen molar-refractivity contribution in [3.05, 3.63) is 206 Å². The Morgan fingerprint density at radius 3 is 2.17 bits per heavy atom. The highest BCUT2D eigenvalue weighted by atomic mass is 15.1.